The highest BCUT2D eigenvalue weighted by Crippen LogP contribution is 2.36. The summed E-state index contributed by atoms with van der Waals surface area (Å²) in [7, 11) is 1.92. The molecule has 2 aromatic carbocycles. The van der Waals surface area contributed by atoms with Gasteiger partial charge < -0.3 is 18.6 Å². The van der Waals surface area contributed by atoms with Gasteiger partial charge in [0, 0.05) is 23.7 Å². The Balaban J connectivity index is 1.26. The molecule has 0 saturated carbocycles. The van der Waals surface area contributed by atoms with Crippen LogP contribution in [0.3, 0.4) is 0 Å². The van der Waals surface area contributed by atoms with Crippen LogP contribution in [0, 0.1) is 0 Å². The second kappa shape index (κ2) is 8.04. The SMILES string of the molecule is Cn1c(SCc2cc(-c3ccc(Cl)cc3)no2)nnc1C1COc2ccccc2O1. The molecule has 3 heterocycles. The number of nitrogens with zero attached hydrogens (tertiary/aromatic N) is 4. The van der Waals surface area contributed by atoms with E-state index in [0.717, 1.165) is 27.9 Å². The molecule has 9 heteroatoms. The van der Waals surface area contributed by atoms with Gasteiger partial charge in [0.25, 0.3) is 0 Å². The van der Waals surface area contributed by atoms with E-state index in [9.17, 15) is 0 Å². The van der Waals surface area contributed by atoms with Crippen LogP contribution in [0.2, 0.25) is 5.02 Å². The maximum Gasteiger partial charge on any atom is 0.192 e. The molecule has 0 aliphatic carbocycles. The Hall–Kier alpha value is -2.97. The Morgan fingerprint density at radius 1 is 1.10 bits per heavy atom. The zero-order valence-electron chi connectivity index (χ0n) is 16.0. The summed E-state index contributed by atoms with van der Waals surface area (Å²) in [6, 6.07) is 17.0. The third-order valence-corrected chi connectivity index (χ3v) is 6.00. The molecule has 0 radical (unpaired) electrons. The summed E-state index contributed by atoms with van der Waals surface area (Å²) in [4.78, 5) is 0. The minimum Gasteiger partial charge on any atom is -0.485 e. The lowest BCUT2D eigenvalue weighted by atomic mass is 10.1. The fourth-order valence-electron chi connectivity index (χ4n) is 3.15. The normalized spacial score (nSPS) is 15.3. The highest BCUT2D eigenvalue weighted by molar-refractivity contribution is 7.98. The molecule has 0 bridgehead atoms. The van der Waals surface area contributed by atoms with E-state index >= 15 is 0 Å². The predicted octanol–water partition coefficient (Wildman–Crippen LogP) is 4.93. The van der Waals surface area contributed by atoms with E-state index in [4.69, 9.17) is 25.6 Å². The van der Waals surface area contributed by atoms with Crippen molar-refractivity contribution < 1.29 is 14.0 Å². The van der Waals surface area contributed by atoms with Gasteiger partial charge in [0.1, 0.15) is 18.1 Å². The summed E-state index contributed by atoms with van der Waals surface area (Å²) in [5.41, 5.74) is 1.72. The van der Waals surface area contributed by atoms with Crippen molar-refractivity contribution in [2.45, 2.75) is 17.0 Å². The molecule has 1 unspecified atom stereocenters. The van der Waals surface area contributed by atoms with E-state index in [1.54, 1.807) is 0 Å². The van der Waals surface area contributed by atoms with Crippen molar-refractivity contribution in [1.82, 2.24) is 19.9 Å². The van der Waals surface area contributed by atoms with E-state index in [1.165, 1.54) is 11.8 Å². The zero-order chi connectivity index (χ0) is 20.5. The summed E-state index contributed by atoms with van der Waals surface area (Å²) in [6.45, 7) is 0.389. The Morgan fingerprint density at radius 3 is 2.73 bits per heavy atom. The van der Waals surface area contributed by atoms with Crippen LogP contribution in [0.15, 0.2) is 64.3 Å². The molecular weight excluding hydrogens is 424 g/mol. The molecule has 1 aliphatic rings. The van der Waals surface area contributed by atoms with Gasteiger partial charge in [-0.3, -0.25) is 0 Å². The molecule has 30 heavy (non-hydrogen) atoms. The number of aromatic nitrogens is 4. The van der Waals surface area contributed by atoms with Crippen molar-refractivity contribution in [3.63, 3.8) is 0 Å². The minimum absolute atomic E-state index is 0.312. The maximum absolute atomic E-state index is 6.04. The van der Waals surface area contributed by atoms with E-state index in [2.05, 4.69) is 15.4 Å². The number of hydrogen-bond acceptors (Lipinski definition) is 7. The van der Waals surface area contributed by atoms with Crippen molar-refractivity contribution in [1.29, 1.82) is 0 Å². The van der Waals surface area contributed by atoms with Crippen LogP contribution in [0.5, 0.6) is 11.5 Å². The number of para-hydroxylation sites is 2. The van der Waals surface area contributed by atoms with Gasteiger partial charge >= 0.3 is 0 Å². The van der Waals surface area contributed by atoms with E-state index in [-0.39, 0.29) is 6.10 Å². The second-order valence-electron chi connectivity index (χ2n) is 6.74. The molecule has 0 fully saturated rings. The quantitative estimate of drug-likeness (QED) is 0.407. The van der Waals surface area contributed by atoms with Crippen molar-refractivity contribution in [2.24, 2.45) is 7.05 Å². The van der Waals surface area contributed by atoms with Gasteiger partial charge in [0.2, 0.25) is 0 Å². The summed E-state index contributed by atoms with van der Waals surface area (Å²) in [5, 5.41) is 14.2. The van der Waals surface area contributed by atoms with Crippen molar-refractivity contribution >= 4 is 23.4 Å². The van der Waals surface area contributed by atoms with Gasteiger partial charge in [-0.05, 0) is 24.3 Å². The fraction of sp³-hybridized carbons (Fsp3) is 0.190. The van der Waals surface area contributed by atoms with Crippen LogP contribution >= 0.6 is 23.4 Å². The molecule has 1 aliphatic heterocycles. The smallest absolute Gasteiger partial charge is 0.192 e. The van der Waals surface area contributed by atoms with Gasteiger partial charge in [-0.2, -0.15) is 0 Å². The first-order valence-electron chi connectivity index (χ1n) is 9.29. The topological polar surface area (TPSA) is 75.2 Å². The average molecular weight is 441 g/mol. The maximum atomic E-state index is 6.04. The lowest BCUT2D eigenvalue weighted by Gasteiger charge is -2.25. The molecule has 7 nitrogen and oxygen atoms in total. The second-order valence-corrected chi connectivity index (χ2v) is 8.12. The standard InChI is InChI=1S/C21H17ClN4O3S/c1-26-20(19-11-27-17-4-2-3-5-18(17)28-19)23-24-21(26)30-12-15-10-16(25-29-15)13-6-8-14(22)9-7-13/h2-10,19H,11-12H2,1H3. The van der Waals surface area contributed by atoms with Crippen LogP contribution in [0.25, 0.3) is 11.3 Å². The van der Waals surface area contributed by atoms with Gasteiger partial charge in [-0.25, -0.2) is 0 Å². The number of fused-ring (bicyclic) bond motifs is 1. The van der Waals surface area contributed by atoms with Crippen LogP contribution in [0.1, 0.15) is 17.7 Å². The van der Waals surface area contributed by atoms with Crippen molar-refractivity contribution in [3.8, 4) is 22.8 Å². The number of halogens is 1. The van der Waals surface area contributed by atoms with Gasteiger partial charge in [0.05, 0.1) is 5.75 Å². The molecule has 0 amide bonds. The van der Waals surface area contributed by atoms with Crippen molar-refractivity contribution in [3.05, 3.63) is 71.2 Å². The van der Waals surface area contributed by atoms with Gasteiger partial charge in [0.15, 0.2) is 28.6 Å². The number of ether oxygens (including phenoxy) is 2. The zero-order valence-corrected chi connectivity index (χ0v) is 17.6. The Labute approximate surface area is 182 Å². The summed E-state index contributed by atoms with van der Waals surface area (Å²) >= 11 is 7.46. The first kappa shape index (κ1) is 19.0. The van der Waals surface area contributed by atoms with Gasteiger partial charge in [-0.1, -0.05) is 52.8 Å². The van der Waals surface area contributed by atoms with Crippen LogP contribution in [0.4, 0.5) is 0 Å². The molecule has 0 saturated heterocycles. The molecule has 4 aromatic rings. The molecule has 0 spiro atoms. The third-order valence-electron chi connectivity index (χ3n) is 4.71. The van der Waals surface area contributed by atoms with E-state index in [0.29, 0.717) is 29.0 Å². The minimum atomic E-state index is -0.312. The number of benzene rings is 2. The van der Waals surface area contributed by atoms with Crippen LogP contribution in [-0.2, 0) is 12.8 Å². The highest BCUT2D eigenvalue weighted by atomic mass is 35.5. The monoisotopic (exact) mass is 440 g/mol. The highest BCUT2D eigenvalue weighted by Gasteiger charge is 2.27. The van der Waals surface area contributed by atoms with Crippen LogP contribution in [-0.4, -0.2) is 26.5 Å². The molecule has 0 N–H and O–H groups in total. The van der Waals surface area contributed by atoms with Crippen LogP contribution < -0.4 is 9.47 Å². The van der Waals surface area contributed by atoms with E-state index < -0.39 is 0 Å². The lowest BCUT2D eigenvalue weighted by molar-refractivity contribution is 0.0825. The Morgan fingerprint density at radius 2 is 1.90 bits per heavy atom. The fourth-order valence-corrected chi connectivity index (χ4v) is 4.07. The molecule has 152 valence electrons. The number of thioether (sulfide) groups is 1. The average Bonchev–Trinajstić information content (AvgIpc) is 3.39. The molecular formula is C21H17ClN4O3S. The van der Waals surface area contributed by atoms with Gasteiger partial charge in [-0.15, -0.1) is 10.2 Å². The third kappa shape index (κ3) is 3.76. The molecule has 5 rings (SSSR count). The lowest BCUT2D eigenvalue weighted by Crippen LogP contribution is -2.24. The Kier molecular flexibility index (Phi) is 5.10. The summed E-state index contributed by atoms with van der Waals surface area (Å²) in [5.74, 6) is 3.50. The Bertz CT molecular complexity index is 1180. The first-order chi connectivity index (χ1) is 14.7. The predicted molar refractivity (Wildman–Crippen MR) is 113 cm³/mol. The number of hydrogen-bond donors (Lipinski definition) is 0. The van der Waals surface area contributed by atoms with E-state index in [1.807, 2.05) is 66.2 Å². The summed E-state index contributed by atoms with van der Waals surface area (Å²) < 4.78 is 19.2. The largest absolute Gasteiger partial charge is 0.485 e. The molecule has 1 atom stereocenters. The molecule has 2 aromatic heterocycles. The number of rotatable bonds is 5. The van der Waals surface area contributed by atoms with Crippen molar-refractivity contribution in [2.75, 3.05) is 6.61 Å². The first-order valence-corrected chi connectivity index (χ1v) is 10.7. The summed E-state index contributed by atoms with van der Waals surface area (Å²) in [6.07, 6.45) is -0.312.